The van der Waals surface area contributed by atoms with Crippen LogP contribution in [0.2, 0.25) is 0 Å². The van der Waals surface area contributed by atoms with Crippen LogP contribution < -0.4 is 0 Å². The second-order valence-corrected chi connectivity index (χ2v) is 5.38. The van der Waals surface area contributed by atoms with Gasteiger partial charge in [0.15, 0.2) is 6.29 Å². The first-order valence-corrected chi connectivity index (χ1v) is 7.16. The molecule has 0 amide bonds. The number of aldehydes is 1. The SMILES string of the molecule is CCc1nc(Cn2ccc3cccc(C=O)c32)cs1. The Hall–Kier alpha value is -1.94. The molecule has 0 radical (unpaired) electrons. The molecular weight excluding hydrogens is 256 g/mol. The maximum Gasteiger partial charge on any atom is 0.152 e. The van der Waals surface area contributed by atoms with E-state index in [2.05, 4.69) is 21.9 Å². The minimum absolute atomic E-state index is 0.713. The van der Waals surface area contributed by atoms with Crippen molar-refractivity contribution in [3.8, 4) is 0 Å². The van der Waals surface area contributed by atoms with Crippen molar-refractivity contribution >= 4 is 28.5 Å². The number of fused-ring (bicyclic) bond motifs is 1. The van der Waals surface area contributed by atoms with Crippen LogP contribution in [0.5, 0.6) is 0 Å². The third-order valence-electron chi connectivity index (χ3n) is 3.18. The van der Waals surface area contributed by atoms with Gasteiger partial charge in [-0.25, -0.2) is 4.98 Å². The lowest BCUT2D eigenvalue weighted by Gasteiger charge is -2.05. The van der Waals surface area contributed by atoms with E-state index in [1.165, 1.54) is 0 Å². The second kappa shape index (κ2) is 4.97. The highest BCUT2D eigenvalue weighted by molar-refractivity contribution is 7.09. The van der Waals surface area contributed by atoms with E-state index in [4.69, 9.17) is 0 Å². The fourth-order valence-electron chi connectivity index (χ4n) is 2.28. The van der Waals surface area contributed by atoms with Crippen molar-refractivity contribution in [1.82, 2.24) is 9.55 Å². The van der Waals surface area contributed by atoms with Crippen molar-refractivity contribution in [3.63, 3.8) is 0 Å². The van der Waals surface area contributed by atoms with E-state index in [1.54, 1.807) is 11.3 Å². The fraction of sp³-hybridized carbons (Fsp3) is 0.200. The summed E-state index contributed by atoms with van der Waals surface area (Å²) < 4.78 is 2.09. The monoisotopic (exact) mass is 270 g/mol. The quantitative estimate of drug-likeness (QED) is 0.680. The third-order valence-corrected chi connectivity index (χ3v) is 4.22. The standard InChI is InChI=1S/C15H14N2OS/c1-2-14-16-13(10-19-14)8-17-7-6-11-4-3-5-12(9-18)15(11)17/h3-7,9-10H,2,8H2,1H3. The Labute approximate surface area is 115 Å². The van der Waals surface area contributed by atoms with Gasteiger partial charge in [0.1, 0.15) is 0 Å². The lowest BCUT2D eigenvalue weighted by Crippen LogP contribution is -2.00. The molecule has 0 aliphatic rings. The minimum Gasteiger partial charge on any atom is -0.341 e. The molecular formula is C15H14N2OS. The molecule has 2 heterocycles. The first kappa shape index (κ1) is 12.1. The molecule has 96 valence electrons. The topological polar surface area (TPSA) is 34.9 Å². The van der Waals surface area contributed by atoms with E-state index >= 15 is 0 Å². The Morgan fingerprint density at radius 2 is 2.26 bits per heavy atom. The number of carbonyl (C=O) groups excluding carboxylic acids is 1. The van der Waals surface area contributed by atoms with Gasteiger partial charge >= 0.3 is 0 Å². The minimum atomic E-state index is 0.713. The number of hydrogen-bond donors (Lipinski definition) is 0. The zero-order valence-electron chi connectivity index (χ0n) is 10.7. The Morgan fingerprint density at radius 3 is 3.00 bits per heavy atom. The number of benzene rings is 1. The van der Waals surface area contributed by atoms with Crippen LogP contribution in [0.4, 0.5) is 0 Å². The van der Waals surface area contributed by atoms with Gasteiger partial charge in [-0.3, -0.25) is 4.79 Å². The van der Waals surface area contributed by atoms with E-state index in [1.807, 2.05) is 30.5 Å². The van der Waals surface area contributed by atoms with Crippen LogP contribution in [0.15, 0.2) is 35.8 Å². The summed E-state index contributed by atoms with van der Waals surface area (Å²) in [6, 6.07) is 7.82. The Balaban J connectivity index is 2.03. The summed E-state index contributed by atoms with van der Waals surface area (Å²) in [6.45, 7) is 2.82. The van der Waals surface area contributed by atoms with Crippen LogP contribution in [0.25, 0.3) is 10.9 Å². The zero-order valence-corrected chi connectivity index (χ0v) is 11.5. The second-order valence-electron chi connectivity index (χ2n) is 4.43. The van der Waals surface area contributed by atoms with Gasteiger partial charge in [0.25, 0.3) is 0 Å². The third kappa shape index (κ3) is 2.19. The molecule has 0 aliphatic carbocycles. The summed E-state index contributed by atoms with van der Waals surface area (Å²) in [5.41, 5.74) is 2.78. The Bertz CT molecular complexity index is 727. The van der Waals surface area contributed by atoms with E-state index in [9.17, 15) is 4.79 Å². The van der Waals surface area contributed by atoms with Crippen molar-refractivity contribution in [1.29, 1.82) is 0 Å². The van der Waals surface area contributed by atoms with Gasteiger partial charge in [-0.15, -0.1) is 11.3 Å². The molecule has 0 fully saturated rings. The summed E-state index contributed by atoms with van der Waals surface area (Å²) in [5.74, 6) is 0. The van der Waals surface area contributed by atoms with Gasteiger partial charge < -0.3 is 4.57 Å². The Kier molecular flexibility index (Phi) is 3.17. The predicted molar refractivity (Wildman–Crippen MR) is 77.9 cm³/mol. The molecule has 0 atom stereocenters. The molecule has 4 heteroatoms. The zero-order chi connectivity index (χ0) is 13.2. The first-order valence-electron chi connectivity index (χ1n) is 6.28. The number of carbonyl (C=O) groups is 1. The van der Waals surface area contributed by atoms with Crippen LogP contribution >= 0.6 is 11.3 Å². The van der Waals surface area contributed by atoms with Crippen molar-refractivity contribution in [3.05, 3.63) is 52.1 Å². The molecule has 2 aromatic heterocycles. The number of thiazole rings is 1. The van der Waals surface area contributed by atoms with E-state index in [-0.39, 0.29) is 0 Å². The highest BCUT2D eigenvalue weighted by Crippen LogP contribution is 2.21. The van der Waals surface area contributed by atoms with Crippen molar-refractivity contribution < 1.29 is 4.79 Å². The molecule has 0 bridgehead atoms. The van der Waals surface area contributed by atoms with Crippen LogP contribution in [0.3, 0.4) is 0 Å². The number of hydrogen-bond acceptors (Lipinski definition) is 3. The summed E-state index contributed by atoms with van der Waals surface area (Å²) in [7, 11) is 0. The van der Waals surface area contributed by atoms with E-state index < -0.39 is 0 Å². The number of nitrogens with zero attached hydrogens (tertiary/aromatic N) is 2. The molecule has 3 aromatic rings. The number of aromatic nitrogens is 2. The van der Waals surface area contributed by atoms with Crippen LogP contribution in [-0.2, 0) is 13.0 Å². The van der Waals surface area contributed by atoms with Gasteiger partial charge in [-0.2, -0.15) is 0 Å². The molecule has 3 rings (SSSR count). The lowest BCUT2D eigenvalue weighted by atomic mass is 10.1. The molecule has 19 heavy (non-hydrogen) atoms. The molecule has 0 unspecified atom stereocenters. The lowest BCUT2D eigenvalue weighted by molar-refractivity contribution is 0.112. The number of rotatable bonds is 4. The maximum atomic E-state index is 11.1. The summed E-state index contributed by atoms with van der Waals surface area (Å²) in [5, 5.41) is 4.34. The highest BCUT2D eigenvalue weighted by Gasteiger charge is 2.08. The van der Waals surface area contributed by atoms with Crippen LogP contribution in [0.1, 0.15) is 28.0 Å². The first-order chi connectivity index (χ1) is 9.31. The van der Waals surface area contributed by atoms with E-state index in [0.717, 1.165) is 39.9 Å². The molecule has 3 nitrogen and oxygen atoms in total. The number of para-hydroxylation sites is 1. The molecule has 0 saturated carbocycles. The Morgan fingerprint density at radius 1 is 1.37 bits per heavy atom. The molecule has 0 N–H and O–H groups in total. The predicted octanol–water partition coefficient (Wildman–Crippen LogP) is 3.52. The van der Waals surface area contributed by atoms with Crippen molar-refractivity contribution in [2.24, 2.45) is 0 Å². The summed E-state index contributed by atoms with van der Waals surface area (Å²) in [6.07, 6.45) is 3.90. The van der Waals surface area contributed by atoms with Crippen molar-refractivity contribution in [2.45, 2.75) is 19.9 Å². The fourth-order valence-corrected chi connectivity index (χ4v) is 3.01. The normalized spacial score (nSPS) is 11.0. The average Bonchev–Trinajstić information content (AvgIpc) is 3.06. The highest BCUT2D eigenvalue weighted by atomic mass is 32.1. The number of aryl methyl sites for hydroxylation is 1. The van der Waals surface area contributed by atoms with Crippen LogP contribution in [-0.4, -0.2) is 15.8 Å². The van der Waals surface area contributed by atoms with Gasteiger partial charge in [-0.05, 0) is 18.6 Å². The summed E-state index contributed by atoms with van der Waals surface area (Å²) in [4.78, 5) is 15.7. The molecule has 0 aliphatic heterocycles. The van der Waals surface area contributed by atoms with Gasteiger partial charge in [0.2, 0.25) is 0 Å². The largest absolute Gasteiger partial charge is 0.341 e. The van der Waals surface area contributed by atoms with Crippen LogP contribution in [0, 0.1) is 0 Å². The van der Waals surface area contributed by atoms with Gasteiger partial charge in [-0.1, -0.05) is 19.1 Å². The van der Waals surface area contributed by atoms with E-state index in [0.29, 0.717) is 6.54 Å². The van der Waals surface area contributed by atoms with Gasteiger partial charge in [0.05, 0.1) is 22.8 Å². The van der Waals surface area contributed by atoms with Gasteiger partial charge in [0, 0.05) is 22.5 Å². The average molecular weight is 270 g/mol. The smallest absolute Gasteiger partial charge is 0.152 e. The molecule has 0 saturated heterocycles. The summed E-state index contributed by atoms with van der Waals surface area (Å²) >= 11 is 1.69. The molecule has 1 aromatic carbocycles. The molecule has 0 spiro atoms. The van der Waals surface area contributed by atoms with Crippen molar-refractivity contribution in [2.75, 3.05) is 0 Å². The maximum absolute atomic E-state index is 11.1.